The third-order valence-corrected chi connectivity index (χ3v) is 1.37. The average Bonchev–Trinajstić information content (AvgIpc) is 2.15. The van der Waals surface area contributed by atoms with Gasteiger partial charge in [0.05, 0.1) is 6.61 Å². The van der Waals surface area contributed by atoms with E-state index >= 15 is 0 Å². The van der Waals surface area contributed by atoms with Crippen LogP contribution in [0.15, 0.2) is 10.1 Å². The molecule has 0 fully saturated rings. The van der Waals surface area contributed by atoms with Crippen LogP contribution in [0, 0.1) is 0 Å². The summed E-state index contributed by atoms with van der Waals surface area (Å²) in [4.78, 5) is 18.9. The summed E-state index contributed by atoms with van der Waals surface area (Å²) in [5.41, 5.74) is 10.1. The van der Waals surface area contributed by atoms with Crippen LogP contribution in [0.3, 0.4) is 0 Å². The molecule has 0 heterocycles. The maximum atomic E-state index is 10.7. The highest BCUT2D eigenvalue weighted by molar-refractivity contribution is 5.81. The van der Waals surface area contributed by atoms with Crippen molar-refractivity contribution in [3.05, 3.63) is 0 Å². The van der Waals surface area contributed by atoms with Crippen molar-refractivity contribution < 1.29 is 19.5 Å². The Bertz CT molecular complexity index is 286. The Hall–Kier alpha value is -1.99. The van der Waals surface area contributed by atoms with Crippen molar-refractivity contribution in [3.8, 4) is 0 Å². The zero-order valence-corrected chi connectivity index (χ0v) is 9.21. The van der Waals surface area contributed by atoms with E-state index in [0.717, 1.165) is 0 Å². The van der Waals surface area contributed by atoms with Gasteiger partial charge in [-0.3, -0.25) is 0 Å². The lowest BCUT2D eigenvalue weighted by molar-refractivity contribution is -0.139. The molecule has 0 rings (SSSR count). The fourth-order valence-corrected chi connectivity index (χ4v) is 0.778. The molecule has 5 N–H and O–H groups in total. The van der Waals surface area contributed by atoms with Crippen LogP contribution in [0.25, 0.3) is 0 Å². The third-order valence-electron chi connectivity index (χ3n) is 1.37. The van der Waals surface area contributed by atoms with Crippen molar-refractivity contribution in [2.75, 3.05) is 13.2 Å². The first-order valence-electron chi connectivity index (χ1n) is 4.58. The zero-order valence-electron chi connectivity index (χ0n) is 9.21. The monoisotopic (exact) mass is 232 g/mol. The van der Waals surface area contributed by atoms with Gasteiger partial charge in [-0.05, 0) is 6.92 Å². The molecule has 0 bridgehead atoms. The summed E-state index contributed by atoms with van der Waals surface area (Å²) in [5.74, 6) is -1.21. The Balaban J connectivity index is 4.19. The molecule has 1 unspecified atom stereocenters. The van der Waals surface area contributed by atoms with Crippen LogP contribution < -0.4 is 11.5 Å². The van der Waals surface area contributed by atoms with Gasteiger partial charge in [0.2, 0.25) is 5.90 Å². The highest BCUT2D eigenvalue weighted by Crippen LogP contribution is 1.94. The second-order valence-corrected chi connectivity index (χ2v) is 2.75. The molecule has 0 aromatic heterocycles. The highest BCUT2D eigenvalue weighted by atomic mass is 16.6. The van der Waals surface area contributed by atoms with Crippen LogP contribution in [-0.2, 0) is 14.4 Å². The number of hydrogen-bond acceptors (Lipinski definition) is 5. The quantitative estimate of drug-likeness (QED) is 0.309. The predicted octanol–water partition coefficient (Wildman–Crippen LogP) is -0.900. The van der Waals surface area contributed by atoms with Gasteiger partial charge in [-0.25, -0.2) is 9.79 Å². The fraction of sp³-hybridized carbons (Fsp3) is 0.625. The van der Waals surface area contributed by atoms with Crippen LogP contribution in [0.2, 0.25) is 0 Å². The largest absolute Gasteiger partial charge is 0.480 e. The molecule has 0 saturated heterocycles. The standard InChI is InChI=1S/C8H16N4O4/c1-3-15-5(2)12-16-4-6(7(13)14)11-8(9)10/h6H,3-4H2,1-2H3,(H,13,14)(H4,9,10,11). The van der Waals surface area contributed by atoms with E-state index in [9.17, 15) is 4.79 Å². The van der Waals surface area contributed by atoms with E-state index in [4.69, 9.17) is 26.1 Å². The van der Waals surface area contributed by atoms with Crippen LogP contribution in [0.1, 0.15) is 13.8 Å². The molecule has 0 aromatic rings. The summed E-state index contributed by atoms with van der Waals surface area (Å²) in [5, 5.41) is 12.2. The van der Waals surface area contributed by atoms with Crippen molar-refractivity contribution in [2.45, 2.75) is 19.9 Å². The minimum absolute atomic E-state index is 0.266. The number of aliphatic imine (C=N–C) groups is 1. The van der Waals surface area contributed by atoms with Gasteiger partial charge in [0.1, 0.15) is 0 Å². The fourth-order valence-electron chi connectivity index (χ4n) is 0.778. The van der Waals surface area contributed by atoms with Gasteiger partial charge in [0.15, 0.2) is 18.6 Å². The molecule has 0 aromatic carbocycles. The van der Waals surface area contributed by atoms with Crippen molar-refractivity contribution in [1.82, 2.24) is 0 Å². The number of ether oxygens (including phenoxy) is 1. The van der Waals surface area contributed by atoms with Crippen molar-refractivity contribution in [3.63, 3.8) is 0 Å². The van der Waals surface area contributed by atoms with Gasteiger partial charge in [-0.1, -0.05) is 5.16 Å². The Morgan fingerprint density at radius 3 is 2.56 bits per heavy atom. The van der Waals surface area contributed by atoms with Gasteiger partial charge in [0.25, 0.3) is 0 Å². The van der Waals surface area contributed by atoms with Crippen LogP contribution in [-0.4, -0.2) is 42.2 Å². The number of carboxylic acids is 1. The first kappa shape index (κ1) is 14.0. The minimum atomic E-state index is -1.20. The van der Waals surface area contributed by atoms with E-state index in [2.05, 4.69) is 10.1 Å². The number of aliphatic carboxylic acids is 1. The number of oxime groups is 1. The van der Waals surface area contributed by atoms with E-state index in [1.807, 2.05) is 0 Å². The predicted molar refractivity (Wildman–Crippen MR) is 57.9 cm³/mol. The van der Waals surface area contributed by atoms with Crippen LogP contribution in [0.5, 0.6) is 0 Å². The lowest BCUT2D eigenvalue weighted by Gasteiger charge is -2.07. The molecular formula is C8H16N4O4. The van der Waals surface area contributed by atoms with Crippen molar-refractivity contribution >= 4 is 17.8 Å². The number of guanidine groups is 1. The van der Waals surface area contributed by atoms with Gasteiger partial charge >= 0.3 is 5.97 Å². The lowest BCUT2D eigenvalue weighted by atomic mass is 10.3. The maximum Gasteiger partial charge on any atom is 0.332 e. The number of nitrogens with two attached hydrogens (primary N) is 2. The molecule has 0 radical (unpaired) electrons. The third kappa shape index (κ3) is 6.46. The van der Waals surface area contributed by atoms with Gasteiger partial charge < -0.3 is 26.1 Å². The summed E-state index contributed by atoms with van der Waals surface area (Å²) in [6.07, 6.45) is 0. The summed E-state index contributed by atoms with van der Waals surface area (Å²) in [6.45, 7) is 3.56. The second kappa shape index (κ2) is 7.32. The average molecular weight is 232 g/mol. The number of nitrogens with zero attached hydrogens (tertiary/aromatic N) is 2. The zero-order chi connectivity index (χ0) is 12.6. The molecule has 0 aliphatic rings. The van der Waals surface area contributed by atoms with E-state index in [1.54, 1.807) is 13.8 Å². The Morgan fingerprint density at radius 2 is 2.12 bits per heavy atom. The molecule has 1 atom stereocenters. The lowest BCUT2D eigenvalue weighted by Crippen LogP contribution is -2.31. The molecule has 0 amide bonds. The molecule has 8 nitrogen and oxygen atoms in total. The normalized spacial score (nSPS) is 12.8. The molecule has 0 aliphatic heterocycles. The summed E-state index contributed by atoms with van der Waals surface area (Å²) >= 11 is 0. The molecule has 92 valence electrons. The molecular weight excluding hydrogens is 216 g/mol. The molecule has 0 spiro atoms. The Labute approximate surface area is 92.9 Å². The van der Waals surface area contributed by atoms with Gasteiger partial charge in [0, 0.05) is 6.92 Å². The van der Waals surface area contributed by atoms with Crippen LogP contribution >= 0.6 is 0 Å². The maximum absolute atomic E-state index is 10.7. The number of carbonyl (C=O) groups is 1. The second-order valence-electron chi connectivity index (χ2n) is 2.75. The Kier molecular flexibility index (Phi) is 6.41. The minimum Gasteiger partial charge on any atom is -0.480 e. The van der Waals surface area contributed by atoms with Gasteiger partial charge in [-0.15, -0.1) is 0 Å². The van der Waals surface area contributed by atoms with E-state index in [0.29, 0.717) is 12.5 Å². The van der Waals surface area contributed by atoms with E-state index in [1.165, 1.54) is 0 Å². The SMILES string of the molecule is CCOC(C)=NOCC(N=C(N)N)C(=O)O. The molecule has 8 heteroatoms. The Morgan fingerprint density at radius 1 is 1.50 bits per heavy atom. The summed E-state index contributed by atoms with van der Waals surface area (Å²) < 4.78 is 4.96. The van der Waals surface area contributed by atoms with Gasteiger partial charge in [-0.2, -0.15) is 0 Å². The molecule has 0 aliphatic carbocycles. The number of hydrogen-bond donors (Lipinski definition) is 3. The topological polar surface area (TPSA) is 133 Å². The van der Waals surface area contributed by atoms with E-state index in [-0.39, 0.29) is 12.6 Å². The smallest absolute Gasteiger partial charge is 0.332 e. The first-order chi connectivity index (χ1) is 7.47. The van der Waals surface area contributed by atoms with Crippen LogP contribution in [0.4, 0.5) is 0 Å². The number of carboxylic acid groups (broad SMARTS) is 1. The first-order valence-corrected chi connectivity index (χ1v) is 4.58. The van der Waals surface area contributed by atoms with E-state index < -0.39 is 12.0 Å². The number of rotatable bonds is 6. The highest BCUT2D eigenvalue weighted by Gasteiger charge is 2.17. The molecule has 0 saturated carbocycles. The molecule has 16 heavy (non-hydrogen) atoms. The summed E-state index contributed by atoms with van der Waals surface area (Å²) in [6, 6.07) is -1.18. The van der Waals surface area contributed by atoms with Crippen molar-refractivity contribution in [2.24, 2.45) is 21.6 Å². The van der Waals surface area contributed by atoms with Crippen molar-refractivity contribution in [1.29, 1.82) is 0 Å². The summed E-state index contributed by atoms with van der Waals surface area (Å²) in [7, 11) is 0.